The molecule has 0 saturated carbocycles. The lowest BCUT2D eigenvalue weighted by Gasteiger charge is -2.14. The number of hydrogen-bond acceptors (Lipinski definition) is 6. The topological polar surface area (TPSA) is 86.5 Å². The Labute approximate surface area is 138 Å². The van der Waals surface area contributed by atoms with Crippen LogP contribution in [0.5, 0.6) is 11.5 Å². The van der Waals surface area contributed by atoms with E-state index in [-0.39, 0.29) is 18.7 Å². The van der Waals surface area contributed by atoms with Gasteiger partial charge in [0.15, 0.2) is 0 Å². The molecule has 0 amide bonds. The van der Waals surface area contributed by atoms with Gasteiger partial charge >= 0.3 is 0 Å². The fourth-order valence-corrected chi connectivity index (χ4v) is 2.28. The van der Waals surface area contributed by atoms with Gasteiger partial charge in [-0.05, 0) is 30.3 Å². The van der Waals surface area contributed by atoms with Gasteiger partial charge in [-0.25, -0.2) is 4.98 Å². The first-order valence-corrected chi connectivity index (χ1v) is 7.41. The maximum Gasteiger partial charge on any atom is 0.261 e. The molecule has 1 aromatic carbocycles. The quantitative estimate of drug-likeness (QED) is 0.733. The Balaban J connectivity index is 1.65. The molecule has 2 heterocycles. The third kappa shape index (κ3) is 3.52. The highest BCUT2D eigenvalue weighted by Gasteiger charge is 2.10. The van der Waals surface area contributed by atoms with Gasteiger partial charge in [0, 0.05) is 6.20 Å². The minimum absolute atomic E-state index is 0.0626. The molecule has 0 saturated heterocycles. The van der Waals surface area contributed by atoms with E-state index < -0.39 is 6.10 Å². The Morgan fingerprint density at radius 1 is 1.21 bits per heavy atom. The Kier molecular flexibility index (Phi) is 4.72. The van der Waals surface area contributed by atoms with Crippen molar-refractivity contribution in [2.75, 3.05) is 13.7 Å². The third-order valence-electron chi connectivity index (χ3n) is 3.54. The van der Waals surface area contributed by atoms with Gasteiger partial charge in [0.1, 0.15) is 24.2 Å². The number of methoxy groups -OCH3 is 1. The summed E-state index contributed by atoms with van der Waals surface area (Å²) in [5.74, 6) is 1.34. The second-order valence-electron chi connectivity index (χ2n) is 5.24. The highest BCUT2D eigenvalue weighted by Crippen LogP contribution is 2.17. The molecule has 0 aliphatic rings. The molecule has 0 bridgehead atoms. The van der Waals surface area contributed by atoms with E-state index in [0.717, 1.165) is 5.75 Å². The molecule has 0 aliphatic carbocycles. The Hall–Kier alpha value is -2.93. The molecule has 3 aromatic rings. The average Bonchev–Trinajstić information content (AvgIpc) is 2.63. The maximum absolute atomic E-state index is 12.3. The first-order chi connectivity index (χ1) is 11.7. The number of aromatic nitrogens is 3. The molecule has 2 aromatic heterocycles. The van der Waals surface area contributed by atoms with Gasteiger partial charge in [0.2, 0.25) is 0 Å². The van der Waals surface area contributed by atoms with Gasteiger partial charge < -0.3 is 14.6 Å². The van der Waals surface area contributed by atoms with Crippen molar-refractivity contribution in [2.24, 2.45) is 0 Å². The molecular formula is C17H17N3O4. The summed E-state index contributed by atoms with van der Waals surface area (Å²) in [4.78, 5) is 20.4. The molecule has 0 radical (unpaired) electrons. The summed E-state index contributed by atoms with van der Waals surface area (Å²) < 4.78 is 11.9. The van der Waals surface area contributed by atoms with Crippen LogP contribution < -0.4 is 15.0 Å². The predicted octanol–water partition coefficient (Wildman–Crippen LogP) is 1.24. The van der Waals surface area contributed by atoms with E-state index in [1.54, 1.807) is 43.6 Å². The third-order valence-corrected chi connectivity index (χ3v) is 3.54. The molecule has 0 spiro atoms. The van der Waals surface area contributed by atoms with Gasteiger partial charge in [-0.2, -0.15) is 0 Å². The molecular weight excluding hydrogens is 310 g/mol. The van der Waals surface area contributed by atoms with Gasteiger partial charge in [0.05, 0.1) is 37.1 Å². The molecule has 0 fully saturated rings. The number of aliphatic hydroxyl groups is 1. The van der Waals surface area contributed by atoms with E-state index in [9.17, 15) is 9.90 Å². The van der Waals surface area contributed by atoms with Crippen LogP contribution in [0.1, 0.15) is 0 Å². The Morgan fingerprint density at radius 3 is 2.71 bits per heavy atom. The second-order valence-corrected chi connectivity index (χ2v) is 5.24. The van der Waals surface area contributed by atoms with Crippen molar-refractivity contribution in [2.45, 2.75) is 12.6 Å². The number of aliphatic hydroxyl groups excluding tert-OH is 1. The van der Waals surface area contributed by atoms with Crippen molar-refractivity contribution in [3.63, 3.8) is 0 Å². The molecule has 7 heteroatoms. The smallest absolute Gasteiger partial charge is 0.261 e. The first-order valence-electron chi connectivity index (χ1n) is 7.41. The maximum atomic E-state index is 12.3. The fourth-order valence-electron chi connectivity index (χ4n) is 2.28. The van der Waals surface area contributed by atoms with Crippen LogP contribution in [-0.4, -0.2) is 39.5 Å². The summed E-state index contributed by atoms with van der Waals surface area (Å²) in [5, 5.41) is 10.6. The van der Waals surface area contributed by atoms with Crippen molar-refractivity contribution in [1.82, 2.24) is 14.5 Å². The molecule has 124 valence electrons. The highest BCUT2D eigenvalue weighted by atomic mass is 16.5. The molecule has 1 N–H and O–H groups in total. The van der Waals surface area contributed by atoms with Gasteiger partial charge in [-0.3, -0.25) is 14.3 Å². The van der Waals surface area contributed by atoms with Gasteiger partial charge in [0.25, 0.3) is 5.56 Å². The van der Waals surface area contributed by atoms with Crippen molar-refractivity contribution in [3.05, 3.63) is 59.4 Å². The zero-order valence-electron chi connectivity index (χ0n) is 13.1. The van der Waals surface area contributed by atoms with Gasteiger partial charge in [-0.15, -0.1) is 0 Å². The number of benzene rings is 1. The fraction of sp³-hybridized carbons (Fsp3) is 0.235. The molecule has 1 atom stereocenters. The number of ether oxygens (including phenoxy) is 2. The lowest BCUT2D eigenvalue weighted by atomic mass is 10.3. The van der Waals surface area contributed by atoms with E-state index in [1.807, 2.05) is 0 Å². The minimum Gasteiger partial charge on any atom is -0.497 e. The second kappa shape index (κ2) is 7.10. The van der Waals surface area contributed by atoms with E-state index in [2.05, 4.69) is 9.97 Å². The largest absolute Gasteiger partial charge is 0.497 e. The molecule has 24 heavy (non-hydrogen) atoms. The number of fused-ring (bicyclic) bond motifs is 1. The number of pyridine rings is 1. The highest BCUT2D eigenvalue weighted by molar-refractivity contribution is 5.75. The molecule has 0 unspecified atom stereocenters. The van der Waals surface area contributed by atoms with Crippen LogP contribution in [0.4, 0.5) is 0 Å². The zero-order valence-corrected chi connectivity index (χ0v) is 13.1. The van der Waals surface area contributed by atoms with E-state index in [0.29, 0.717) is 16.7 Å². The Morgan fingerprint density at radius 2 is 1.96 bits per heavy atom. The number of hydrogen-bond donors (Lipinski definition) is 1. The zero-order chi connectivity index (χ0) is 16.9. The van der Waals surface area contributed by atoms with Crippen molar-refractivity contribution in [1.29, 1.82) is 0 Å². The lowest BCUT2D eigenvalue weighted by molar-refractivity contribution is 0.0914. The summed E-state index contributed by atoms with van der Waals surface area (Å²) in [6, 6.07) is 8.66. The normalized spacial score (nSPS) is 12.1. The Bertz CT molecular complexity index is 877. The summed E-state index contributed by atoms with van der Waals surface area (Å²) in [5.41, 5.74) is 0.314. The van der Waals surface area contributed by atoms with E-state index in [1.165, 1.54) is 17.1 Å². The molecule has 7 nitrogen and oxygen atoms in total. The number of rotatable bonds is 6. The van der Waals surface area contributed by atoms with Crippen LogP contribution in [-0.2, 0) is 6.54 Å². The van der Waals surface area contributed by atoms with Crippen LogP contribution in [0.3, 0.4) is 0 Å². The monoisotopic (exact) mass is 327 g/mol. The lowest BCUT2D eigenvalue weighted by Crippen LogP contribution is -2.30. The first kappa shape index (κ1) is 15.9. The van der Waals surface area contributed by atoms with Crippen LogP contribution >= 0.6 is 0 Å². The average molecular weight is 327 g/mol. The summed E-state index contributed by atoms with van der Waals surface area (Å²) in [7, 11) is 1.59. The van der Waals surface area contributed by atoms with E-state index in [4.69, 9.17) is 9.47 Å². The molecule has 0 aliphatic heterocycles. The van der Waals surface area contributed by atoms with Crippen molar-refractivity contribution in [3.8, 4) is 11.5 Å². The van der Waals surface area contributed by atoms with Crippen molar-refractivity contribution >= 4 is 10.9 Å². The van der Waals surface area contributed by atoms with Crippen LogP contribution in [0.2, 0.25) is 0 Å². The van der Waals surface area contributed by atoms with Crippen LogP contribution in [0, 0.1) is 0 Å². The SMILES string of the molecule is COc1ccc(OC[C@H](O)Cn2cnc3cnccc3c2=O)cc1. The number of nitrogens with zero attached hydrogens (tertiary/aromatic N) is 3. The standard InChI is InChI=1S/C17H17N3O4/c1-23-13-2-4-14(5-3-13)24-10-12(21)9-20-11-19-16-8-18-7-6-15(16)17(20)22/h2-8,11-12,21H,9-10H2,1H3/t12-/m1/s1. The summed E-state index contributed by atoms with van der Waals surface area (Å²) in [6.45, 7) is 0.160. The summed E-state index contributed by atoms with van der Waals surface area (Å²) >= 11 is 0. The summed E-state index contributed by atoms with van der Waals surface area (Å²) in [6.07, 6.45) is 3.64. The minimum atomic E-state index is -0.842. The van der Waals surface area contributed by atoms with Crippen molar-refractivity contribution < 1.29 is 14.6 Å². The van der Waals surface area contributed by atoms with E-state index >= 15 is 0 Å². The van der Waals surface area contributed by atoms with Crippen LogP contribution in [0.15, 0.2) is 53.8 Å². The van der Waals surface area contributed by atoms with Crippen LogP contribution in [0.25, 0.3) is 10.9 Å². The van der Waals surface area contributed by atoms with Gasteiger partial charge in [-0.1, -0.05) is 0 Å². The molecule has 3 rings (SSSR count). The predicted molar refractivity (Wildman–Crippen MR) is 88.3 cm³/mol.